The standard InChI is InChI=1S/C16H26O14/c17-3-5(19)11-13(9(23)15(25)29-11)27-7(21)1-2-8(22)28-14-10(24)16(26)30-12(14)6(20)4-18/h5-6,9-20,23-26H,1-4H2/t5-,6-,9-,10-,11+,12+,13-,14-,15+,16+/m1/s1. The lowest BCUT2D eigenvalue weighted by atomic mass is 10.1. The van der Waals surface area contributed by atoms with Crippen molar-refractivity contribution in [2.75, 3.05) is 13.2 Å². The normalized spacial score (nSPS) is 38.3. The second-order valence-electron chi connectivity index (χ2n) is 6.87. The SMILES string of the molecule is O=C(CCC(=O)O[C@@H]1[C@@H](O)[C@@H](O)O[C@H]1[C@H](O)CO)O[C@@H]1[C@@H](O)[C@@H](O)O[C@H]1[C@H](O)CO. The predicted octanol–water partition coefficient (Wildman–Crippen LogP) is -5.55. The zero-order valence-electron chi connectivity index (χ0n) is 15.6. The molecule has 10 atom stereocenters. The van der Waals surface area contributed by atoms with Gasteiger partial charge < -0.3 is 59.8 Å². The van der Waals surface area contributed by atoms with Gasteiger partial charge in [-0.15, -0.1) is 0 Å². The van der Waals surface area contributed by atoms with Gasteiger partial charge in [0.2, 0.25) is 0 Å². The van der Waals surface area contributed by atoms with Gasteiger partial charge in [-0.2, -0.15) is 0 Å². The first-order valence-corrected chi connectivity index (χ1v) is 9.10. The van der Waals surface area contributed by atoms with Crippen LogP contribution in [0.1, 0.15) is 12.8 Å². The Balaban J connectivity index is 1.87. The van der Waals surface area contributed by atoms with E-state index < -0.39 is 99.4 Å². The van der Waals surface area contributed by atoms with Crippen molar-refractivity contribution < 1.29 is 69.4 Å². The summed E-state index contributed by atoms with van der Waals surface area (Å²) in [6.45, 7) is -1.58. The zero-order chi connectivity index (χ0) is 22.6. The van der Waals surface area contributed by atoms with Crippen LogP contribution in [0.3, 0.4) is 0 Å². The molecule has 2 rings (SSSR count). The largest absolute Gasteiger partial charge is 0.456 e. The molecule has 0 aromatic carbocycles. The summed E-state index contributed by atoms with van der Waals surface area (Å²) in [5, 5.41) is 75.8. The lowest BCUT2D eigenvalue weighted by molar-refractivity contribution is -0.167. The van der Waals surface area contributed by atoms with E-state index in [9.17, 15) is 40.2 Å². The second-order valence-corrected chi connectivity index (χ2v) is 6.87. The summed E-state index contributed by atoms with van der Waals surface area (Å²) in [7, 11) is 0. The molecule has 0 aliphatic carbocycles. The molecule has 0 saturated carbocycles. The molecule has 174 valence electrons. The van der Waals surface area contributed by atoms with Crippen LogP contribution in [-0.4, -0.2) is 127 Å². The number of hydrogen-bond donors (Lipinski definition) is 8. The fourth-order valence-corrected chi connectivity index (χ4v) is 3.08. The fraction of sp³-hybridized carbons (Fsp3) is 0.875. The van der Waals surface area contributed by atoms with Gasteiger partial charge in [-0.3, -0.25) is 9.59 Å². The zero-order valence-corrected chi connectivity index (χ0v) is 15.6. The first-order valence-electron chi connectivity index (χ1n) is 9.10. The first kappa shape index (κ1) is 24.8. The van der Waals surface area contributed by atoms with Gasteiger partial charge in [0.25, 0.3) is 0 Å². The summed E-state index contributed by atoms with van der Waals surface area (Å²) in [6, 6.07) is 0. The maximum atomic E-state index is 12.0. The van der Waals surface area contributed by atoms with Gasteiger partial charge >= 0.3 is 11.9 Å². The molecule has 2 aliphatic heterocycles. The van der Waals surface area contributed by atoms with Gasteiger partial charge in [0.05, 0.1) is 26.1 Å². The molecule has 0 aromatic heterocycles. The number of rotatable bonds is 9. The Labute approximate surface area is 169 Å². The van der Waals surface area contributed by atoms with Gasteiger partial charge in [-0.1, -0.05) is 0 Å². The van der Waals surface area contributed by atoms with Crippen LogP contribution in [0, 0.1) is 0 Å². The highest BCUT2D eigenvalue weighted by Gasteiger charge is 2.49. The fourth-order valence-electron chi connectivity index (χ4n) is 3.08. The molecule has 2 heterocycles. The van der Waals surface area contributed by atoms with Gasteiger partial charge in [0.1, 0.15) is 36.6 Å². The maximum Gasteiger partial charge on any atom is 0.306 e. The molecule has 14 heteroatoms. The van der Waals surface area contributed by atoms with Crippen molar-refractivity contribution in [3.8, 4) is 0 Å². The number of hydrogen-bond acceptors (Lipinski definition) is 14. The minimum Gasteiger partial charge on any atom is -0.456 e. The number of carbonyl (C=O) groups is 2. The lowest BCUT2D eigenvalue weighted by Gasteiger charge is -2.24. The van der Waals surface area contributed by atoms with Crippen LogP contribution in [-0.2, 0) is 28.5 Å². The molecule has 0 radical (unpaired) electrons. The third-order valence-electron chi connectivity index (χ3n) is 4.70. The minimum atomic E-state index is -1.76. The van der Waals surface area contributed by atoms with Crippen LogP contribution in [0.2, 0.25) is 0 Å². The third-order valence-corrected chi connectivity index (χ3v) is 4.70. The highest BCUT2D eigenvalue weighted by Crippen LogP contribution is 2.27. The van der Waals surface area contributed by atoms with Crippen LogP contribution < -0.4 is 0 Å². The maximum absolute atomic E-state index is 12.0. The van der Waals surface area contributed by atoms with E-state index in [1.54, 1.807) is 0 Å². The average molecular weight is 442 g/mol. The summed E-state index contributed by atoms with van der Waals surface area (Å²) in [4.78, 5) is 24.0. The second kappa shape index (κ2) is 10.7. The average Bonchev–Trinajstić information content (AvgIpc) is 3.16. The molecule has 0 aromatic rings. The van der Waals surface area contributed by atoms with Crippen molar-refractivity contribution in [2.45, 2.75) is 74.3 Å². The van der Waals surface area contributed by atoms with Crippen molar-refractivity contribution >= 4 is 11.9 Å². The van der Waals surface area contributed by atoms with Gasteiger partial charge in [-0.25, -0.2) is 0 Å². The molecule has 0 unspecified atom stereocenters. The Hall–Kier alpha value is -1.46. The van der Waals surface area contributed by atoms with Crippen LogP contribution in [0.4, 0.5) is 0 Å². The van der Waals surface area contributed by atoms with Gasteiger partial charge in [0, 0.05) is 0 Å². The molecule has 0 amide bonds. The van der Waals surface area contributed by atoms with E-state index in [1.165, 1.54) is 0 Å². The van der Waals surface area contributed by atoms with E-state index in [0.717, 1.165) is 0 Å². The highest BCUT2D eigenvalue weighted by atomic mass is 16.7. The van der Waals surface area contributed by atoms with Crippen LogP contribution >= 0.6 is 0 Å². The third kappa shape index (κ3) is 5.61. The molecule has 30 heavy (non-hydrogen) atoms. The topological polar surface area (TPSA) is 233 Å². The summed E-state index contributed by atoms with van der Waals surface area (Å²) >= 11 is 0. The van der Waals surface area contributed by atoms with Crippen molar-refractivity contribution in [2.24, 2.45) is 0 Å². The molecule has 8 N–H and O–H groups in total. The highest BCUT2D eigenvalue weighted by molar-refractivity contribution is 5.78. The monoisotopic (exact) mass is 442 g/mol. The number of aliphatic hydroxyl groups excluding tert-OH is 8. The Bertz CT molecular complexity index is 536. The number of carbonyl (C=O) groups excluding carboxylic acids is 2. The Kier molecular flexibility index (Phi) is 8.86. The Morgan fingerprint density at radius 2 is 1.07 bits per heavy atom. The molecule has 14 nitrogen and oxygen atoms in total. The smallest absolute Gasteiger partial charge is 0.306 e. The first-order chi connectivity index (χ1) is 14.1. The van der Waals surface area contributed by atoms with E-state index in [-0.39, 0.29) is 0 Å². The molecule has 0 spiro atoms. The van der Waals surface area contributed by atoms with Crippen molar-refractivity contribution in [3.63, 3.8) is 0 Å². The summed E-state index contributed by atoms with van der Waals surface area (Å²) in [5.74, 6) is -2.06. The Morgan fingerprint density at radius 1 is 0.733 bits per heavy atom. The molecular weight excluding hydrogens is 416 g/mol. The number of ether oxygens (including phenoxy) is 4. The lowest BCUT2D eigenvalue weighted by Crippen LogP contribution is -2.44. The molecule has 2 aliphatic rings. The quantitative estimate of drug-likeness (QED) is 0.156. The molecular formula is C16H26O14. The van der Waals surface area contributed by atoms with Gasteiger partial charge in [-0.05, 0) is 0 Å². The molecule has 0 bridgehead atoms. The predicted molar refractivity (Wildman–Crippen MR) is 89.0 cm³/mol. The number of esters is 2. The Morgan fingerprint density at radius 3 is 1.37 bits per heavy atom. The van der Waals surface area contributed by atoms with Crippen LogP contribution in [0.15, 0.2) is 0 Å². The van der Waals surface area contributed by atoms with E-state index in [0.29, 0.717) is 0 Å². The van der Waals surface area contributed by atoms with Crippen molar-refractivity contribution in [1.82, 2.24) is 0 Å². The summed E-state index contributed by atoms with van der Waals surface area (Å²) < 4.78 is 19.5. The van der Waals surface area contributed by atoms with Crippen molar-refractivity contribution in [3.05, 3.63) is 0 Å². The molecule has 2 fully saturated rings. The van der Waals surface area contributed by atoms with Gasteiger partial charge in [0.15, 0.2) is 24.8 Å². The minimum absolute atomic E-state index is 0.570. The number of aliphatic hydroxyl groups is 8. The van der Waals surface area contributed by atoms with E-state index in [4.69, 9.17) is 29.2 Å². The molecule has 2 saturated heterocycles. The van der Waals surface area contributed by atoms with Crippen LogP contribution in [0.5, 0.6) is 0 Å². The van der Waals surface area contributed by atoms with E-state index >= 15 is 0 Å². The van der Waals surface area contributed by atoms with E-state index in [2.05, 4.69) is 0 Å². The van der Waals surface area contributed by atoms with Crippen molar-refractivity contribution in [1.29, 1.82) is 0 Å². The van der Waals surface area contributed by atoms with Crippen LogP contribution in [0.25, 0.3) is 0 Å². The summed E-state index contributed by atoms with van der Waals surface area (Å²) in [6.07, 6.45) is -17.0. The summed E-state index contributed by atoms with van der Waals surface area (Å²) in [5.41, 5.74) is 0. The van der Waals surface area contributed by atoms with E-state index in [1.807, 2.05) is 0 Å².